The number of ether oxygens (including phenoxy) is 1. The molecule has 0 saturated carbocycles. The van der Waals surface area contributed by atoms with Crippen molar-refractivity contribution < 1.29 is 33.5 Å². The number of methoxy groups -OCH3 is 1. The zero-order chi connectivity index (χ0) is 43.8. The molecule has 0 aliphatic carbocycles. The van der Waals surface area contributed by atoms with Gasteiger partial charge in [-0.1, -0.05) is 25.3 Å². The van der Waals surface area contributed by atoms with Crippen LogP contribution in [0.3, 0.4) is 0 Å². The number of pyridine rings is 1. The molecule has 2 aliphatic rings. The van der Waals surface area contributed by atoms with Gasteiger partial charge in [0.05, 0.1) is 40.7 Å². The Labute approximate surface area is 355 Å². The highest BCUT2D eigenvalue weighted by Crippen LogP contribution is 2.37. The number of nitrogens with one attached hydrogen (secondary N) is 6. The monoisotopic (exact) mass is 843 g/mol. The van der Waals surface area contributed by atoms with Crippen molar-refractivity contribution >= 4 is 64.1 Å². The van der Waals surface area contributed by atoms with E-state index in [0.717, 1.165) is 37.0 Å². The lowest BCUT2D eigenvalue weighted by Gasteiger charge is -2.27. The number of hydrogen-bond donors (Lipinski definition) is 6. The van der Waals surface area contributed by atoms with E-state index in [-0.39, 0.29) is 35.6 Å². The van der Waals surface area contributed by atoms with Crippen LogP contribution in [-0.2, 0) is 16.6 Å². The molecule has 2 aliphatic heterocycles. The fraction of sp³-hybridized carbons (Fsp3) is 0.310. The first-order valence-electron chi connectivity index (χ1n) is 20.0. The molecule has 320 valence electrons. The van der Waals surface area contributed by atoms with E-state index in [4.69, 9.17) is 4.74 Å². The van der Waals surface area contributed by atoms with Crippen molar-refractivity contribution in [3.8, 4) is 17.1 Å². The van der Waals surface area contributed by atoms with Crippen molar-refractivity contribution in [3.63, 3.8) is 0 Å². The molecule has 0 spiro atoms. The van der Waals surface area contributed by atoms with Gasteiger partial charge in [0.15, 0.2) is 23.1 Å². The van der Waals surface area contributed by atoms with E-state index in [9.17, 15) is 28.8 Å². The molecule has 62 heavy (non-hydrogen) atoms. The molecule has 1 unspecified atom stereocenters. The van der Waals surface area contributed by atoms with Gasteiger partial charge in [-0.3, -0.25) is 43.7 Å². The number of carbonyl (C=O) groups excluding carboxylic acids is 6. The first kappa shape index (κ1) is 42.4. The van der Waals surface area contributed by atoms with Crippen LogP contribution in [0.15, 0.2) is 67.1 Å². The molecule has 2 aromatic carbocycles. The summed E-state index contributed by atoms with van der Waals surface area (Å²) in [6.07, 6.45) is 7.73. The largest absolute Gasteiger partial charge is 0.494 e. The standard InChI is InChI=1S/C42H45N13O7/c1-43-40(59)35-30(48-29-11-9-10-27(36(29)62-3)37-47-23-54(2)53-37)21-33(51-52-35)49-32-16-12-24(22-46-32)38(57)45-19-8-6-4-5-7-18-44-25-13-14-26-28(20-25)42(61)55(41(26)60)31-15-17-34(56)50-39(31)58/h9-14,16,20-23,31,44H,4-8,15,17-19H2,1-3H3,(H,43,59)(H,45,57)(H,50,56,58)(H2,46,48,49,51). The predicted octanol–water partition coefficient (Wildman–Crippen LogP) is 3.72. The molecule has 5 heterocycles. The molecule has 20 heteroatoms. The molecule has 1 saturated heterocycles. The summed E-state index contributed by atoms with van der Waals surface area (Å²) in [5.41, 5.74) is 3.14. The number of benzene rings is 2. The van der Waals surface area contributed by atoms with Crippen molar-refractivity contribution in [1.29, 1.82) is 0 Å². The molecule has 0 radical (unpaired) electrons. The van der Waals surface area contributed by atoms with Gasteiger partial charge < -0.3 is 31.3 Å². The van der Waals surface area contributed by atoms with Gasteiger partial charge in [-0.15, -0.1) is 10.2 Å². The first-order valence-corrected chi connectivity index (χ1v) is 20.0. The number of imide groups is 2. The summed E-state index contributed by atoms with van der Waals surface area (Å²) >= 11 is 0. The predicted molar refractivity (Wildman–Crippen MR) is 226 cm³/mol. The average Bonchev–Trinajstić information content (AvgIpc) is 3.81. The minimum absolute atomic E-state index is 0.0493. The van der Waals surface area contributed by atoms with Gasteiger partial charge in [-0.25, -0.2) is 9.97 Å². The minimum atomic E-state index is -1.000. The maximum absolute atomic E-state index is 13.1. The second-order valence-electron chi connectivity index (χ2n) is 14.5. The Morgan fingerprint density at radius 1 is 0.823 bits per heavy atom. The van der Waals surface area contributed by atoms with Crippen LogP contribution < -0.4 is 36.6 Å². The number of anilines is 5. The van der Waals surface area contributed by atoms with Gasteiger partial charge >= 0.3 is 0 Å². The van der Waals surface area contributed by atoms with E-state index in [1.807, 2.05) is 12.1 Å². The molecule has 1 atom stereocenters. The summed E-state index contributed by atoms with van der Waals surface area (Å²) in [7, 11) is 4.80. The summed E-state index contributed by atoms with van der Waals surface area (Å²) in [4.78, 5) is 85.1. The van der Waals surface area contributed by atoms with Crippen LogP contribution in [0.2, 0.25) is 0 Å². The fourth-order valence-electron chi connectivity index (χ4n) is 7.10. The van der Waals surface area contributed by atoms with Gasteiger partial charge in [-0.05, 0) is 61.7 Å². The zero-order valence-corrected chi connectivity index (χ0v) is 34.3. The molecule has 20 nitrogen and oxygen atoms in total. The Hall–Kier alpha value is -7.77. The molecule has 5 aromatic rings. The highest BCUT2D eigenvalue weighted by molar-refractivity contribution is 6.23. The lowest BCUT2D eigenvalue weighted by Crippen LogP contribution is -2.54. The Morgan fingerprint density at radius 2 is 1.61 bits per heavy atom. The molecule has 7 rings (SSSR count). The van der Waals surface area contributed by atoms with Gasteiger partial charge in [-0.2, -0.15) is 5.10 Å². The summed E-state index contributed by atoms with van der Waals surface area (Å²) in [6.45, 7) is 1.16. The normalized spacial score (nSPS) is 14.6. The quantitative estimate of drug-likeness (QED) is 0.0543. The molecule has 3 aromatic heterocycles. The summed E-state index contributed by atoms with van der Waals surface area (Å²) in [5.74, 6) is -1.20. The number of piperidine rings is 1. The third kappa shape index (κ3) is 9.48. The second kappa shape index (κ2) is 19.1. The SMILES string of the molecule is CNC(=O)c1nnc(Nc2ccc(C(=O)NCCCCCCCNc3ccc4c(c3)C(=O)N(C3CCC(=O)NC3=O)C4=O)cn2)cc1Nc1cccc(-c2ncn(C)n2)c1OC. The van der Waals surface area contributed by atoms with Crippen LogP contribution in [0.4, 0.5) is 28.7 Å². The van der Waals surface area contributed by atoms with E-state index < -0.39 is 35.6 Å². The number of carbonyl (C=O) groups is 6. The van der Waals surface area contributed by atoms with Crippen molar-refractivity contribution in [2.24, 2.45) is 7.05 Å². The lowest BCUT2D eigenvalue weighted by molar-refractivity contribution is -0.136. The highest BCUT2D eigenvalue weighted by atomic mass is 16.5. The Balaban J connectivity index is 0.838. The van der Waals surface area contributed by atoms with Gasteiger partial charge in [0.25, 0.3) is 23.6 Å². The number of amides is 6. The number of rotatable bonds is 18. The maximum Gasteiger partial charge on any atom is 0.273 e. The first-order chi connectivity index (χ1) is 30.0. The van der Waals surface area contributed by atoms with Crippen LogP contribution in [0.1, 0.15) is 86.5 Å². The van der Waals surface area contributed by atoms with Crippen LogP contribution in [0, 0.1) is 0 Å². The number of aryl methyl sites for hydroxylation is 1. The topological polar surface area (TPSA) is 256 Å². The third-order valence-electron chi connectivity index (χ3n) is 10.3. The molecule has 0 bridgehead atoms. The van der Waals surface area contributed by atoms with E-state index in [1.54, 1.807) is 60.5 Å². The lowest BCUT2D eigenvalue weighted by atomic mass is 10.0. The Kier molecular flexibility index (Phi) is 13.0. The van der Waals surface area contributed by atoms with Crippen LogP contribution in [-0.4, -0.2) is 104 Å². The van der Waals surface area contributed by atoms with E-state index in [2.05, 4.69) is 57.2 Å². The third-order valence-corrected chi connectivity index (χ3v) is 10.3. The second-order valence-corrected chi connectivity index (χ2v) is 14.5. The Bertz CT molecular complexity index is 2520. The van der Waals surface area contributed by atoms with E-state index in [0.29, 0.717) is 64.5 Å². The van der Waals surface area contributed by atoms with Crippen LogP contribution >= 0.6 is 0 Å². The molecule has 6 amide bonds. The Morgan fingerprint density at radius 3 is 2.34 bits per heavy atom. The number of unbranched alkanes of at least 4 members (excludes halogenated alkanes) is 4. The van der Waals surface area contributed by atoms with E-state index in [1.165, 1.54) is 20.4 Å². The van der Waals surface area contributed by atoms with E-state index >= 15 is 0 Å². The molecule has 1 fully saturated rings. The fourth-order valence-corrected chi connectivity index (χ4v) is 7.10. The van der Waals surface area contributed by atoms with Gasteiger partial charge in [0, 0.05) is 51.6 Å². The smallest absolute Gasteiger partial charge is 0.273 e. The summed E-state index contributed by atoms with van der Waals surface area (Å²) in [5, 5.41) is 30.0. The van der Waals surface area contributed by atoms with Crippen LogP contribution in [0.5, 0.6) is 5.75 Å². The maximum atomic E-state index is 13.1. The number of aromatic nitrogens is 6. The number of nitrogens with zero attached hydrogens (tertiary/aromatic N) is 7. The summed E-state index contributed by atoms with van der Waals surface area (Å²) in [6, 6.07) is 14.3. The van der Waals surface area contributed by atoms with Crippen molar-refractivity contribution in [2.75, 3.05) is 43.2 Å². The van der Waals surface area contributed by atoms with Gasteiger partial charge in [0.1, 0.15) is 18.2 Å². The van der Waals surface area contributed by atoms with Crippen LogP contribution in [0.25, 0.3) is 11.4 Å². The molecule has 6 N–H and O–H groups in total. The summed E-state index contributed by atoms with van der Waals surface area (Å²) < 4.78 is 7.31. The van der Waals surface area contributed by atoms with Crippen molar-refractivity contribution in [1.82, 2.24) is 50.8 Å². The highest BCUT2D eigenvalue weighted by Gasteiger charge is 2.44. The molecular formula is C42H45N13O7. The van der Waals surface area contributed by atoms with Crippen molar-refractivity contribution in [3.05, 3.63) is 89.5 Å². The van der Waals surface area contributed by atoms with Crippen molar-refractivity contribution in [2.45, 2.75) is 51.0 Å². The number of hydrogen-bond acceptors (Lipinski definition) is 15. The average molecular weight is 844 g/mol. The minimum Gasteiger partial charge on any atom is -0.494 e. The van der Waals surface area contributed by atoms with Gasteiger partial charge in [0.2, 0.25) is 11.8 Å². The molecular weight excluding hydrogens is 799 g/mol. The number of para-hydroxylation sites is 1. The number of fused-ring (bicyclic) bond motifs is 1. The zero-order valence-electron chi connectivity index (χ0n) is 34.3.